The number of carbonyl (C=O) groups excluding carboxylic acids is 1. The van der Waals surface area contributed by atoms with Crippen LogP contribution in [0.1, 0.15) is 46.0 Å². The van der Waals surface area contributed by atoms with E-state index in [2.05, 4.69) is 19.2 Å². The molecule has 1 unspecified atom stereocenters. The molecule has 0 spiro atoms. The lowest BCUT2D eigenvalue weighted by Crippen LogP contribution is -2.50. The van der Waals surface area contributed by atoms with Gasteiger partial charge in [-0.05, 0) is 31.4 Å². The molecule has 0 aromatic heterocycles. The molecule has 0 radical (unpaired) electrons. The molecule has 3 N–H and O–H groups in total. The molecule has 1 heterocycles. The van der Waals surface area contributed by atoms with Crippen LogP contribution < -0.4 is 11.1 Å². The highest BCUT2D eigenvalue weighted by Gasteiger charge is 2.25. The molecule has 1 fully saturated rings. The zero-order valence-electron chi connectivity index (χ0n) is 10.4. The number of rotatable bonds is 5. The van der Waals surface area contributed by atoms with Crippen LogP contribution in [0.25, 0.3) is 0 Å². The van der Waals surface area contributed by atoms with E-state index < -0.39 is 0 Å². The van der Waals surface area contributed by atoms with E-state index in [1.807, 2.05) is 0 Å². The average molecular weight is 244 g/mol. The predicted molar refractivity (Wildman–Crippen MR) is 70.6 cm³/mol. The molecule has 0 bridgehead atoms. The summed E-state index contributed by atoms with van der Waals surface area (Å²) in [6.07, 6.45) is 5.26. The summed E-state index contributed by atoms with van der Waals surface area (Å²) in [6.45, 7) is 4.76. The van der Waals surface area contributed by atoms with Crippen LogP contribution in [0, 0.1) is 0 Å². The van der Waals surface area contributed by atoms with E-state index in [-0.39, 0.29) is 16.7 Å². The Morgan fingerprint density at radius 2 is 2.12 bits per heavy atom. The van der Waals surface area contributed by atoms with Crippen LogP contribution in [0.5, 0.6) is 0 Å². The van der Waals surface area contributed by atoms with Crippen molar-refractivity contribution >= 4 is 17.7 Å². The lowest BCUT2D eigenvalue weighted by molar-refractivity contribution is -0.121. The minimum atomic E-state index is -0.227. The second kappa shape index (κ2) is 6.50. The molecule has 4 heteroatoms. The molecule has 1 rings (SSSR count). The monoisotopic (exact) mass is 244 g/mol. The van der Waals surface area contributed by atoms with E-state index in [4.69, 9.17) is 5.73 Å². The van der Waals surface area contributed by atoms with Gasteiger partial charge in [0.05, 0.1) is 5.25 Å². The van der Waals surface area contributed by atoms with E-state index >= 15 is 0 Å². The third-order valence-corrected chi connectivity index (χ3v) is 4.87. The van der Waals surface area contributed by atoms with Crippen molar-refractivity contribution in [3.8, 4) is 0 Å². The third kappa shape index (κ3) is 3.98. The van der Waals surface area contributed by atoms with E-state index in [1.165, 1.54) is 12.8 Å². The van der Waals surface area contributed by atoms with Crippen molar-refractivity contribution in [2.75, 3.05) is 12.3 Å². The van der Waals surface area contributed by atoms with E-state index in [1.54, 1.807) is 11.8 Å². The maximum Gasteiger partial charge on any atom is 0.233 e. The van der Waals surface area contributed by atoms with Gasteiger partial charge in [-0.2, -0.15) is 0 Å². The highest BCUT2D eigenvalue weighted by atomic mass is 32.2. The first-order chi connectivity index (χ1) is 7.61. The fourth-order valence-corrected chi connectivity index (χ4v) is 3.05. The van der Waals surface area contributed by atoms with Gasteiger partial charge in [0.25, 0.3) is 0 Å². The zero-order chi connectivity index (χ0) is 12.0. The Bertz CT molecular complexity index is 223. The van der Waals surface area contributed by atoms with Gasteiger partial charge in [0.2, 0.25) is 5.91 Å². The van der Waals surface area contributed by atoms with Crippen LogP contribution >= 0.6 is 11.8 Å². The van der Waals surface area contributed by atoms with Crippen LogP contribution in [0.3, 0.4) is 0 Å². The van der Waals surface area contributed by atoms with Gasteiger partial charge in [-0.3, -0.25) is 4.79 Å². The van der Waals surface area contributed by atoms with Crippen molar-refractivity contribution in [2.45, 2.75) is 56.7 Å². The first-order valence-electron chi connectivity index (χ1n) is 6.29. The minimum Gasteiger partial charge on any atom is -0.353 e. The Kier molecular flexibility index (Phi) is 5.62. The molecule has 0 aromatic carbocycles. The standard InChI is InChI=1S/C12H24N2OS/c1-3-12(13,4-2)9-14-11(15)10-7-5-6-8-16-10/h10H,3-9,13H2,1-2H3,(H,14,15). The Morgan fingerprint density at radius 3 is 2.62 bits per heavy atom. The lowest BCUT2D eigenvalue weighted by atomic mass is 9.94. The number of thioether (sulfide) groups is 1. The second-order valence-electron chi connectivity index (χ2n) is 4.64. The van der Waals surface area contributed by atoms with Gasteiger partial charge < -0.3 is 11.1 Å². The molecule has 16 heavy (non-hydrogen) atoms. The Labute approximate surface area is 103 Å². The minimum absolute atomic E-state index is 0.159. The van der Waals surface area contributed by atoms with Gasteiger partial charge in [-0.15, -0.1) is 11.8 Å². The van der Waals surface area contributed by atoms with Crippen molar-refractivity contribution < 1.29 is 4.79 Å². The Balaban J connectivity index is 2.33. The quantitative estimate of drug-likeness (QED) is 0.776. The molecule has 94 valence electrons. The van der Waals surface area contributed by atoms with Gasteiger partial charge in [0, 0.05) is 12.1 Å². The normalized spacial score (nSPS) is 21.8. The fourth-order valence-electron chi connectivity index (χ4n) is 1.82. The van der Waals surface area contributed by atoms with Crippen LogP contribution in [0.2, 0.25) is 0 Å². The molecule has 1 aliphatic rings. The number of carbonyl (C=O) groups is 1. The molecule has 0 saturated carbocycles. The molecule has 1 amide bonds. The fraction of sp³-hybridized carbons (Fsp3) is 0.917. The highest BCUT2D eigenvalue weighted by Crippen LogP contribution is 2.25. The predicted octanol–water partition coefficient (Wildman–Crippen LogP) is 1.91. The number of hydrogen-bond acceptors (Lipinski definition) is 3. The summed E-state index contributed by atoms with van der Waals surface area (Å²) < 4.78 is 0. The molecular formula is C12H24N2OS. The van der Waals surface area contributed by atoms with Gasteiger partial charge >= 0.3 is 0 Å². The Hall–Kier alpha value is -0.220. The summed E-state index contributed by atoms with van der Waals surface area (Å²) in [5.74, 6) is 1.30. The summed E-state index contributed by atoms with van der Waals surface area (Å²) in [7, 11) is 0. The van der Waals surface area contributed by atoms with Crippen molar-refractivity contribution in [1.29, 1.82) is 0 Å². The highest BCUT2D eigenvalue weighted by molar-refractivity contribution is 8.00. The molecular weight excluding hydrogens is 220 g/mol. The summed E-state index contributed by atoms with van der Waals surface area (Å²) in [5.41, 5.74) is 5.93. The van der Waals surface area contributed by atoms with Crippen molar-refractivity contribution in [2.24, 2.45) is 5.73 Å². The number of hydrogen-bond donors (Lipinski definition) is 2. The van der Waals surface area contributed by atoms with Crippen LogP contribution in [0.4, 0.5) is 0 Å². The number of amides is 1. The van der Waals surface area contributed by atoms with Crippen molar-refractivity contribution in [1.82, 2.24) is 5.32 Å². The molecule has 1 aliphatic heterocycles. The molecule has 0 aliphatic carbocycles. The largest absolute Gasteiger partial charge is 0.353 e. The molecule has 0 aromatic rings. The summed E-state index contributed by atoms with van der Waals surface area (Å²) in [4.78, 5) is 11.9. The first kappa shape index (κ1) is 13.8. The third-order valence-electron chi connectivity index (χ3n) is 3.50. The zero-order valence-corrected chi connectivity index (χ0v) is 11.2. The molecule has 1 saturated heterocycles. The summed E-state index contributed by atoms with van der Waals surface area (Å²) in [5, 5.41) is 3.17. The van der Waals surface area contributed by atoms with E-state index in [0.29, 0.717) is 6.54 Å². The number of nitrogens with one attached hydrogen (secondary N) is 1. The Morgan fingerprint density at radius 1 is 1.44 bits per heavy atom. The lowest BCUT2D eigenvalue weighted by Gasteiger charge is -2.28. The topological polar surface area (TPSA) is 55.1 Å². The first-order valence-corrected chi connectivity index (χ1v) is 7.34. The van der Waals surface area contributed by atoms with E-state index in [9.17, 15) is 4.79 Å². The maximum absolute atomic E-state index is 11.9. The molecule has 1 atom stereocenters. The van der Waals surface area contributed by atoms with Crippen LogP contribution in [-0.2, 0) is 4.79 Å². The number of nitrogens with two attached hydrogens (primary N) is 1. The summed E-state index contributed by atoms with van der Waals surface area (Å²) >= 11 is 1.78. The van der Waals surface area contributed by atoms with Gasteiger partial charge in [-0.1, -0.05) is 20.3 Å². The SMILES string of the molecule is CCC(N)(CC)CNC(=O)C1CCCCS1. The van der Waals surface area contributed by atoms with Crippen molar-refractivity contribution in [3.05, 3.63) is 0 Å². The van der Waals surface area contributed by atoms with Gasteiger partial charge in [0.1, 0.15) is 0 Å². The smallest absolute Gasteiger partial charge is 0.233 e. The van der Waals surface area contributed by atoms with Crippen molar-refractivity contribution in [3.63, 3.8) is 0 Å². The van der Waals surface area contributed by atoms with Crippen LogP contribution in [0.15, 0.2) is 0 Å². The van der Waals surface area contributed by atoms with Gasteiger partial charge in [0.15, 0.2) is 0 Å². The second-order valence-corrected chi connectivity index (χ2v) is 5.95. The van der Waals surface area contributed by atoms with Crippen LogP contribution in [-0.4, -0.2) is 29.0 Å². The van der Waals surface area contributed by atoms with E-state index in [0.717, 1.165) is 25.0 Å². The average Bonchev–Trinajstić information content (AvgIpc) is 2.36. The molecule has 3 nitrogen and oxygen atoms in total. The summed E-state index contributed by atoms with van der Waals surface area (Å²) in [6, 6.07) is 0. The maximum atomic E-state index is 11.9. The van der Waals surface area contributed by atoms with Gasteiger partial charge in [-0.25, -0.2) is 0 Å².